The van der Waals surface area contributed by atoms with E-state index in [0.29, 0.717) is 24.9 Å². The van der Waals surface area contributed by atoms with Gasteiger partial charge in [0.15, 0.2) is 9.84 Å². The van der Waals surface area contributed by atoms with Gasteiger partial charge in [-0.15, -0.1) is 0 Å². The Balaban J connectivity index is 1.58. The Morgan fingerprint density at radius 3 is 2.46 bits per heavy atom. The Morgan fingerprint density at radius 1 is 1.18 bits per heavy atom. The standard InChI is InChI=1S/C19H23N3O5S/c23-16(12-21-17(24)19(20-18(21)25)9-4-5-10-19)22(14-6-2-1-3-7-14)15-8-11-28(26,27)13-15/h1-3,6-7,15H,4-5,8-13H2,(H,20,25)/t15-/m1/s1. The molecule has 3 fully saturated rings. The average molecular weight is 405 g/mol. The van der Waals surface area contributed by atoms with Crippen molar-refractivity contribution in [1.82, 2.24) is 10.2 Å². The molecule has 0 radical (unpaired) electrons. The van der Waals surface area contributed by atoms with Crippen LogP contribution in [0.3, 0.4) is 0 Å². The molecule has 0 aromatic heterocycles. The van der Waals surface area contributed by atoms with Crippen LogP contribution in [0.5, 0.6) is 0 Å². The first-order valence-electron chi connectivity index (χ1n) is 9.53. The first-order chi connectivity index (χ1) is 13.3. The van der Waals surface area contributed by atoms with Crippen LogP contribution in [0.4, 0.5) is 10.5 Å². The van der Waals surface area contributed by atoms with Crippen molar-refractivity contribution >= 4 is 33.4 Å². The number of para-hydroxylation sites is 1. The first kappa shape index (κ1) is 18.9. The summed E-state index contributed by atoms with van der Waals surface area (Å²) < 4.78 is 23.9. The topological polar surface area (TPSA) is 104 Å². The molecule has 1 aromatic rings. The minimum Gasteiger partial charge on any atom is -0.323 e. The second-order valence-corrected chi connectivity index (χ2v) is 10.00. The van der Waals surface area contributed by atoms with Gasteiger partial charge in [0.05, 0.1) is 17.5 Å². The number of nitrogens with zero attached hydrogens (tertiary/aromatic N) is 2. The average Bonchev–Trinajstić information content (AvgIpc) is 3.32. The molecule has 0 bridgehead atoms. The highest BCUT2D eigenvalue weighted by molar-refractivity contribution is 7.91. The Morgan fingerprint density at radius 2 is 1.86 bits per heavy atom. The summed E-state index contributed by atoms with van der Waals surface area (Å²) in [5.41, 5.74) is -0.303. The second kappa shape index (κ2) is 6.88. The zero-order valence-corrected chi connectivity index (χ0v) is 16.3. The molecule has 1 aromatic carbocycles. The highest BCUT2D eigenvalue weighted by Crippen LogP contribution is 2.35. The lowest BCUT2D eigenvalue weighted by Gasteiger charge is -2.30. The third-order valence-electron chi connectivity index (χ3n) is 5.87. The van der Waals surface area contributed by atoms with Gasteiger partial charge in [0.2, 0.25) is 5.91 Å². The molecule has 4 amide bonds. The second-order valence-electron chi connectivity index (χ2n) is 7.77. The molecule has 2 heterocycles. The predicted octanol–water partition coefficient (Wildman–Crippen LogP) is 1.07. The summed E-state index contributed by atoms with van der Waals surface area (Å²) in [5.74, 6) is -0.889. The lowest BCUT2D eigenvalue weighted by atomic mass is 9.98. The van der Waals surface area contributed by atoms with Crippen molar-refractivity contribution in [2.45, 2.75) is 43.7 Å². The smallest absolute Gasteiger partial charge is 0.323 e. The zero-order valence-electron chi connectivity index (χ0n) is 15.5. The molecule has 9 heteroatoms. The monoisotopic (exact) mass is 405 g/mol. The number of hydrogen-bond acceptors (Lipinski definition) is 5. The van der Waals surface area contributed by atoms with Gasteiger partial charge in [-0.05, 0) is 31.4 Å². The number of urea groups is 1. The van der Waals surface area contributed by atoms with E-state index in [4.69, 9.17) is 0 Å². The molecule has 1 N–H and O–H groups in total. The molecule has 1 saturated carbocycles. The maximum Gasteiger partial charge on any atom is 0.325 e. The molecule has 8 nitrogen and oxygen atoms in total. The largest absolute Gasteiger partial charge is 0.325 e. The van der Waals surface area contributed by atoms with Gasteiger partial charge >= 0.3 is 6.03 Å². The van der Waals surface area contributed by atoms with Gasteiger partial charge in [-0.3, -0.25) is 14.5 Å². The number of imide groups is 1. The van der Waals surface area contributed by atoms with Gasteiger partial charge in [0.25, 0.3) is 5.91 Å². The van der Waals surface area contributed by atoms with Crippen LogP contribution in [0, 0.1) is 0 Å². The normalized spacial score (nSPS) is 25.3. The van der Waals surface area contributed by atoms with Gasteiger partial charge in [-0.1, -0.05) is 31.0 Å². The maximum atomic E-state index is 13.1. The number of carbonyl (C=O) groups is 3. The van der Waals surface area contributed by atoms with E-state index in [2.05, 4.69) is 5.32 Å². The summed E-state index contributed by atoms with van der Waals surface area (Å²) >= 11 is 0. The van der Waals surface area contributed by atoms with Crippen molar-refractivity contribution in [3.05, 3.63) is 30.3 Å². The summed E-state index contributed by atoms with van der Waals surface area (Å²) in [6.07, 6.45) is 3.25. The van der Waals surface area contributed by atoms with Crippen molar-refractivity contribution in [3.8, 4) is 0 Å². The minimum atomic E-state index is -3.20. The van der Waals surface area contributed by atoms with E-state index in [1.165, 1.54) is 4.90 Å². The lowest BCUT2D eigenvalue weighted by Crippen LogP contribution is -2.49. The van der Waals surface area contributed by atoms with Crippen LogP contribution in [-0.4, -0.2) is 60.8 Å². The fourth-order valence-electron chi connectivity index (χ4n) is 4.47. The van der Waals surface area contributed by atoms with Crippen molar-refractivity contribution in [3.63, 3.8) is 0 Å². The van der Waals surface area contributed by atoms with E-state index in [1.54, 1.807) is 30.3 Å². The van der Waals surface area contributed by atoms with E-state index in [9.17, 15) is 22.8 Å². The van der Waals surface area contributed by atoms with Gasteiger partial charge < -0.3 is 10.2 Å². The highest BCUT2D eigenvalue weighted by atomic mass is 32.2. The van der Waals surface area contributed by atoms with Crippen LogP contribution in [0.1, 0.15) is 32.1 Å². The fraction of sp³-hybridized carbons (Fsp3) is 0.526. The molecule has 3 aliphatic rings. The highest BCUT2D eigenvalue weighted by Gasteiger charge is 2.53. The Hall–Kier alpha value is -2.42. The number of amides is 4. The number of carbonyl (C=O) groups excluding carboxylic acids is 3. The number of anilines is 1. The van der Waals surface area contributed by atoms with Gasteiger partial charge in [-0.2, -0.15) is 0 Å². The van der Waals surface area contributed by atoms with Crippen molar-refractivity contribution in [1.29, 1.82) is 0 Å². The number of benzene rings is 1. The van der Waals surface area contributed by atoms with Crippen LogP contribution in [0.15, 0.2) is 30.3 Å². The third-order valence-corrected chi connectivity index (χ3v) is 7.62. The molecule has 0 unspecified atom stereocenters. The molecule has 1 atom stereocenters. The molecule has 150 valence electrons. The van der Waals surface area contributed by atoms with E-state index >= 15 is 0 Å². The van der Waals surface area contributed by atoms with Crippen LogP contribution in [-0.2, 0) is 19.4 Å². The van der Waals surface area contributed by atoms with E-state index < -0.39 is 39.9 Å². The van der Waals surface area contributed by atoms with Crippen LogP contribution in [0.2, 0.25) is 0 Å². The molecule has 2 aliphatic heterocycles. The number of sulfone groups is 1. The van der Waals surface area contributed by atoms with Crippen LogP contribution >= 0.6 is 0 Å². The van der Waals surface area contributed by atoms with E-state index in [1.807, 2.05) is 0 Å². The summed E-state index contributed by atoms with van der Waals surface area (Å²) in [4.78, 5) is 40.8. The van der Waals surface area contributed by atoms with Gasteiger partial charge in [-0.25, -0.2) is 13.2 Å². The SMILES string of the molecule is O=C1NC2(CCCC2)C(=O)N1CC(=O)N(c1ccccc1)[C@@H]1CCS(=O)(=O)C1. The molecule has 1 spiro atoms. The molecule has 2 saturated heterocycles. The molecule has 28 heavy (non-hydrogen) atoms. The van der Waals surface area contributed by atoms with Crippen molar-refractivity contribution in [2.75, 3.05) is 23.0 Å². The summed E-state index contributed by atoms with van der Waals surface area (Å²) in [5, 5.41) is 2.77. The lowest BCUT2D eigenvalue weighted by molar-refractivity contribution is -0.134. The summed E-state index contributed by atoms with van der Waals surface area (Å²) in [6, 6.07) is 7.74. The van der Waals surface area contributed by atoms with Gasteiger partial charge in [0.1, 0.15) is 12.1 Å². The Kier molecular flexibility index (Phi) is 4.65. The third kappa shape index (κ3) is 3.28. The summed E-state index contributed by atoms with van der Waals surface area (Å²) in [7, 11) is -3.20. The number of nitrogens with one attached hydrogen (secondary N) is 1. The van der Waals surface area contributed by atoms with Crippen molar-refractivity contribution in [2.24, 2.45) is 0 Å². The quantitative estimate of drug-likeness (QED) is 0.755. The Bertz CT molecular complexity index is 909. The van der Waals surface area contributed by atoms with E-state index in [-0.39, 0.29) is 17.4 Å². The molecule has 4 rings (SSSR count). The van der Waals surface area contributed by atoms with Crippen LogP contribution in [0.25, 0.3) is 0 Å². The number of rotatable bonds is 4. The molecular weight excluding hydrogens is 382 g/mol. The van der Waals surface area contributed by atoms with Gasteiger partial charge in [0, 0.05) is 5.69 Å². The number of hydrogen-bond donors (Lipinski definition) is 1. The maximum absolute atomic E-state index is 13.1. The fourth-order valence-corrected chi connectivity index (χ4v) is 6.17. The van der Waals surface area contributed by atoms with Crippen LogP contribution < -0.4 is 10.2 Å². The zero-order chi connectivity index (χ0) is 19.9. The first-order valence-corrected chi connectivity index (χ1v) is 11.4. The van der Waals surface area contributed by atoms with Crippen molar-refractivity contribution < 1.29 is 22.8 Å². The minimum absolute atomic E-state index is 0.0283. The molecular formula is C19H23N3O5S. The molecule has 1 aliphatic carbocycles. The van der Waals surface area contributed by atoms with E-state index in [0.717, 1.165) is 17.7 Å². The Labute approximate surface area is 163 Å². The predicted molar refractivity (Wildman–Crippen MR) is 102 cm³/mol. The summed E-state index contributed by atoms with van der Waals surface area (Å²) in [6.45, 7) is -0.391.